The second kappa shape index (κ2) is 8.16. The second-order valence-corrected chi connectivity index (χ2v) is 7.51. The van der Waals surface area contributed by atoms with Crippen molar-refractivity contribution in [3.63, 3.8) is 0 Å². The maximum Gasteiger partial charge on any atom is 0.280 e. The SMILES string of the molecule is CCc1cccc(-n2c(=O)c3cccnc3n2CC(=O)Nc2ccc(C)cc2Cl)c1. The first-order valence-electron chi connectivity index (χ1n) is 9.70. The van der Waals surface area contributed by atoms with Gasteiger partial charge in [-0.15, -0.1) is 0 Å². The first kappa shape index (κ1) is 19.9. The van der Waals surface area contributed by atoms with Crippen molar-refractivity contribution < 1.29 is 4.79 Å². The molecule has 7 heteroatoms. The average molecular weight is 421 g/mol. The van der Waals surface area contributed by atoms with E-state index in [1.165, 1.54) is 4.68 Å². The van der Waals surface area contributed by atoms with Gasteiger partial charge in [0.1, 0.15) is 6.54 Å². The maximum absolute atomic E-state index is 13.1. The standard InChI is InChI=1S/C23H21ClN4O2/c1-3-16-6-4-7-17(13-16)28-23(30)18-8-5-11-25-22(18)27(28)14-21(29)26-20-10-9-15(2)12-19(20)24/h4-13H,3,14H2,1-2H3,(H,26,29). The lowest BCUT2D eigenvalue weighted by Crippen LogP contribution is -2.27. The second-order valence-electron chi connectivity index (χ2n) is 7.10. The molecule has 2 aromatic carbocycles. The number of pyridine rings is 1. The van der Waals surface area contributed by atoms with E-state index in [4.69, 9.17) is 11.6 Å². The van der Waals surface area contributed by atoms with E-state index in [-0.39, 0.29) is 18.0 Å². The van der Waals surface area contributed by atoms with Crippen molar-refractivity contribution in [2.75, 3.05) is 5.32 Å². The van der Waals surface area contributed by atoms with E-state index in [1.54, 1.807) is 35.1 Å². The van der Waals surface area contributed by atoms with E-state index >= 15 is 0 Å². The number of amides is 1. The van der Waals surface area contributed by atoms with Crippen LogP contribution in [0, 0.1) is 6.92 Å². The fourth-order valence-corrected chi connectivity index (χ4v) is 3.73. The Morgan fingerprint density at radius 1 is 1.13 bits per heavy atom. The number of carbonyl (C=O) groups excluding carboxylic acids is 1. The summed E-state index contributed by atoms with van der Waals surface area (Å²) in [5.41, 5.74) is 3.56. The third kappa shape index (κ3) is 3.74. The molecule has 0 radical (unpaired) electrons. The first-order chi connectivity index (χ1) is 14.5. The van der Waals surface area contributed by atoms with Crippen molar-refractivity contribution in [2.45, 2.75) is 26.8 Å². The van der Waals surface area contributed by atoms with Crippen LogP contribution in [0.3, 0.4) is 0 Å². The van der Waals surface area contributed by atoms with Gasteiger partial charge in [0.05, 0.1) is 21.8 Å². The number of anilines is 1. The number of rotatable bonds is 5. The van der Waals surface area contributed by atoms with Crippen molar-refractivity contribution in [3.8, 4) is 5.69 Å². The van der Waals surface area contributed by atoms with Crippen LogP contribution in [0.25, 0.3) is 16.7 Å². The molecular weight excluding hydrogens is 400 g/mol. The van der Waals surface area contributed by atoms with Crippen LogP contribution < -0.4 is 10.9 Å². The smallest absolute Gasteiger partial charge is 0.280 e. The average Bonchev–Trinajstić information content (AvgIpc) is 3.02. The van der Waals surface area contributed by atoms with Crippen LogP contribution in [0.15, 0.2) is 65.6 Å². The summed E-state index contributed by atoms with van der Waals surface area (Å²) >= 11 is 6.25. The Kier molecular flexibility index (Phi) is 5.42. The number of nitrogens with zero attached hydrogens (tertiary/aromatic N) is 3. The molecule has 1 N–H and O–H groups in total. The van der Waals surface area contributed by atoms with Gasteiger partial charge in [-0.1, -0.05) is 36.7 Å². The highest BCUT2D eigenvalue weighted by atomic mass is 35.5. The van der Waals surface area contributed by atoms with Crippen molar-refractivity contribution in [3.05, 3.63) is 87.3 Å². The topological polar surface area (TPSA) is 68.9 Å². The number of halogens is 1. The van der Waals surface area contributed by atoms with Gasteiger partial charge >= 0.3 is 0 Å². The van der Waals surface area contributed by atoms with Crippen molar-refractivity contribution >= 4 is 34.2 Å². The monoisotopic (exact) mass is 420 g/mol. The summed E-state index contributed by atoms with van der Waals surface area (Å²) in [4.78, 5) is 30.3. The molecule has 0 spiro atoms. The van der Waals surface area contributed by atoms with Crippen molar-refractivity contribution in [1.29, 1.82) is 0 Å². The summed E-state index contributed by atoms with van der Waals surface area (Å²) in [5.74, 6) is -0.302. The number of nitrogens with one attached hydrogen (secondary N) is 1. The molecule has 0 unspecified atom stereocenters. The van der Waals surface area contributed by atoms with E-state index < -0.39 is 0 Å². The Hall–Kier alpha value is -3.38. The van der Waals surface area contributed by atoms with Gasteiger partial charge in [-0.3, -0.25) is 14.3 Å². The summed E-state index contributed by atoms with van der Waals surface area (Å²) in [6, 6.07) is 16.6. The van der Waals surface area contributed by atoms with Gasteiger partial charge in [-0.25, -0.2) is 9.67 Å². The number of carbonyl (C=O) groups is 1. The van der Waals surface area contributed by atoms with E-state index in [2.05, 4.69) is 17.2 Å². The molecule has 0 saturated carbocycles. The molecule has 4 rings (SSSR count). The molecule has 0 aliphatic heterocycles. The zero-order valence-corrected chi connectivity index (χ0v) is 17.5. The van der Waals surface area contributed by atoms with Crippen molar-refractivity contribution in [2.24, 2.45) is 0 Å². The molecule has 2 aromatic heterocycles. The minimum absolute atomic E-state index is 0.0870. The van der Waals surface area contributed by atoms with Crippen LogP contribution in [0.2, 0.25) is 5.02 Å². The zero-order valence-electron chi connectivity index (χ0n) is 16.7. The van der Waals surface area contributed by atoms with Crippen LogP contribution in [-0.4, -0.2) is 20.3 Å². The molecule has 2 heterocycles. The molecule has 0 bridgehead atoms. The van der Waals surface area contributed by atoms with Crippen LogP contribution in [0.1, 0.15) is 18.1 Å². The van der Waals surface area contributed by atoms with Crippen LogP contribution in [0.4, 0.5) is 5.69 Å². The van der Waals surface area contributed by atoms with Gasteiger partial charge in [0, 0.05) is 6.20 Å². The predicted octanol–water partition coefficient (Wildman–Crippen LogP) is 4.35. The summed E-state index contributed by atoms with van der Waals surface area (Å²) in [7, 11) is 0. The van der Waals surface area contributed by atoms with Crippen LogP contribution in [-0.2, 0) is 17.8 Å². The molecule has 0 atom stereocenters. The number of hydrogen-bond acceptors (Lipinski definition) is 3. The number of benzene rings is 2. The number of hydrogen-bond donors (Lipinski definition) is 1. The van der Waals surface area contributed by atoms with Crippen LogP contribution >= 0.6 is 11.6 Å². The number of aryl methyl sites for hydroxylation is 2. The molecule has 152 valence electrons. The number of fused-ring (bicyclic) bond motifs is 1. The van der Waals surface area contributed by atoms with Gasteiger partial charge < -0.3 is 5.32 Å². The lowest BCUT2D eigenvalue weighted by Gasteiger charge is -2.14. The highest BCUT2D eigenvalue weighted by Gasteiger charge is 2.18. The minimum Gasteiger partial charge on any atom is -0.323 e. The Balaban J connectivity index is 1.77. The summed E-state index contributed by atoms with van der Waals surface area (Å²) in [5, 5.41) is 3.75. The zero-order chi connectivity index (χ0) is 21.3. The lowest BCUT2D eigenvalue weighted by molar-refractivity contribution is -0.116. The van der Waals surface area contributed by atoms with Gasteiger partial charge in [0.2, 0.25) is 5.91 Å². The molecular formula is C23H21ClN4O2. The molecule has 0 fully saturated rings. The Bertz CT molecular complexity index is 1310. The fourth-order valence-electron chi connectivity index (χ4n) is 3.45. The van der Waals surface area contributed by atoms with E-state index in [0.29, 0.717) is 27.4 Å². The fraction of sp³-hybridized carbons (Fsp3) is 0.174. The van der Waals surface area contributed by atoms with Gasteiger partial charge in [-0.05, 0) is 60.9 Å². The van der Waals surface area contributed by atoms with E-state index in [0.717, 1.165) is 17.5 Å². The van der Waals surface area contributed by atoms with Crippen LogP contribution in [0.5, 0.6) is 0 Å². The number of aromatic nitrogens is 3. The quantitative estimate of drug-likeness (QED) is 0.521. The first-order valence-corrected chi connectivity index (χ1v) is 10.1. The summed E-state index contributed by atoms with van der Waals surface area (Å²) in [6.45, 7) is 3.90. The molecule has 0 aliphatic rings. The molecule has 6 nitrogen and oxygen atoms in total. The maximum atomic E-state index is 13.1. The minimum atomic E-state index is -0.302. The Labute approximate surface area is 178 Å². The summed E-state index contributed by atoms with van der Waals surface area (Å²) < 4.78 is 3.11. The Morgan fingerprint density at radius 3 is 2.73 bits per heavy atom. The molecule has 1 amide bonds. The summed E-state index contributed by atoms with van der Waals surface area (Å²) in [6.07, 6.45) is 2.45. The highest BCUT2D eigenvalue weighted by molar-refractivity contribution is 6.33. The Morgan fingerprint density at radius 2 is 1.97 bits per heavy atom. The molecule has 4 aromatic rings. The molecule has 0 aliphatic carbocycles. The third-order valence-electron chi connectivity index (χ3n) is 4.95. The molecule has 30 heavy (non-hydrogen) atoms. The van der Waals surface area contributed by atoms with Gasteiger partial charge in [0.15, 0.2) is 5.65 Å². The normalized spacial score (nSPS) is 11.0. The van der Waals surface area contributed by atoms with Gasteiger partial charge in [-0.2, -0.15) is 0 Å². The van der Waals surface area contributed by atoms with E-state index in [1.807, 2.05) is 37.3 Å². The largest absolute Gasteiger partial charge is 0.323 e. The van der Waals surface area contributed by atoms with E-state index in [9.17, 15) is 9.59 Å². The molecule has 0 saturated heterocycles. The predicted molar refractivity (Wildman–Crippen MR) is 120 cm³/mol. The lowest BCUT2D eigenvalue weighted by atomic mass is 10.1. The van der Waals surface area contributed by atoms with Crippen molar-refractivity contribution in [1.82, 2.24) is 14.3 Å². The third-order valence-corrected chi connectivity index (χ3v) is 5.26. The van der Waals surface area contributed by atoms with Gasteiger partial charge in [0.25, 0.3) is 5.56 Å². The highest BCUT2D eigenvalue weighted by Crippen LogP contribution is 2.23.